The standard InChI is InChI=1S/C20H25F3N4O3/c1-27(2)15(13-9-10-17(28-3)18(11-13)29-4)12-25-19(24)26-14-7-5-6-8-16(14)30-20(21,22)23/h5-11,15H,12H2,1-4H3,(H3,24,25,26). The van der Waals surface area contributed by atoms with E-state index in [4.69, 9.17) is 15.2 Å². The Bertz CT molecular complexity index is 873. The maximum absolute atomic E-state index is 12.6. The molecule has 0 fully saturated rings. The number of likely N-dealkylation sites (N-methyl/N-ethyl adjacent to an activating group) is 1. The zero-order valence-corrected chi connectivity index (χ0v) is 17.2. The highest BCUT2D eigenvalue weighted by molar-refractivity contribution is 5.93. The topological polar surface area (TPSA) is 81.3 Å². The molecular formula is C20H25F3N4O3. The molecule has 0 aliphatic rings. The summed E-state index contributed by atoms with van der Waals surface area (Å²) in [7, 11) is 6.87. The van der Waals surface area contributed by atoms with Gasteiger partial charge in [0.05, 0.1) is 32.5 Å². The summed E-state index contributed by atoms with van der Waals surface area (Å²) >= 11 is 0. The fourth-order valence-corrected chi connectivity index (χ4v) is 2.77. The van der Waals surface area contributed by atoms with Gasteiger partial charge in [0.15, 0.2) is 23.2 Å². The van der Waals surface area contributed by atoms with E-state index in [0.29, 0.717) is 11.5 Å². The highest BCUT2D eigenvalue weighted by Crippen LogP contribution is 2.32. The first-order valence-electron chi connectivity index (χ1n) is 8.94. The molecular weight excluding hydrogens is 401 g/mol. The monoisotopic (exact) mass is 426 g/mol. The molecule has 1 atom stereocenters. The lowest BCUT2D eigenvalue weighted by molar-refractivity contribution is -0.274. The van der Waals surface area contributed by atoms with E-state index in [-0.39, 0.29) is 24.2 Å². The molecule has 0 bridgehead atoms. The van der Waals surface area contributed by atoms with Gasteiger partial charge in [-0.2, -0.15) is 0 Å². The van der Waals surface area contributed by atoms with E-state index in [2.05, 4.69) is 15.0 Å². The number of alkyl halides is 3. The summed E-state index contributed by atoms with van der Waals surface area (Å²) in [6, 6.07) is 11.0. The third kappa shape index (κ3) is 6.45. The smallest absolute Gasteiger partial charge is 0.493 e. The number of halogens is 3. The van der Waals surface area contributed by atoms with Crippen molar-refractivity contribution in [3.63, 3.8) is 0 Å². The average Bonchev–Trinajstić information content (AvgIpc) is 2.68. The molecule has 0 radical (unpaired) electrons. The molecule has 164 valence electrons. The van der Waals surface area contributed by atoms with Crippen LogP contribution in [0.2, 0.25) is 0 Å². The minimum atomic E-state index is -4.81. The molecule has 1 unspecified atom stereocenters. The van der Waals surface area contributed by atoms with E-state index in [0.717, 1.165) is 5.56 Å². The average molecular weight is 426 g/mol. The number of methoxy groups -OCH3 is 2. The first-order valence-corrected chi connectivity index (χ1v) is 8.94. The van der Waals surface area contributed by atoms with Crippen LogP contribution in [0.1, 0.15) is 11.6 Å². The fraction of sp³-hybridized carbons (Fsp3) is 0.350. The van der Waals surface area contributed by atoms with E-state index >= 15 is 0 Å². The molecule has 0 saturated carbocycles. The maximum atomic E-state index is 12.6. The molecule has 0 saturated heterocycles. The normalized spacial score (nSPS) is 13.1. The van der Waals surface area contributed by atoms with Crippen molar-refractivity contribution < 1.29 is 27.4 Å². The van der Waals surface area contributed by atoms with Gasteiger partial charge in [-0.05, 0) is 43.9 Å². The molecule has 2 aromatic carbocycles. The molecule has 0 heterocycles. The van der Waals surface area contributed by atoms with Crippen LogP contribution in [0, 0.1) is 0 Å². The largest absolute Gasteiger partial charge is 0.573 e. The van der Waals surface area contributed by atoms with Gasteiger partial charge in [-0.1, -0.05) is 18.2 Å². The van der Waals surface area contributed by atoms with E-state index < -0.39 is 12.1 Å². The lowest BCUT2D eigenvalue weighted by Crippen LogP contribution is -2.28. The van der Waals surface area contributed by atoms with Crippen LogP contribution in [0.25, 0.3) is 0 Å². The van der Waals surface area contributed by atoms with Gasteiger partial charge in [-0.3, -0.25) is 4.99 Å². The van der Waals surface area contributed by atoms with Crippen molar-refractivity contribution in [3.8, 4) is 17.2 Å². The van der Waals surface area contributed by atoms with Crippen molar-refractivity contribution in [2.75, 3.05) is 40.2 Å². The van der Waals surface area contributed by atoms with Crippen LogP contribution >= 0.6 is 0 Å². The number of nitrogens with one attached hydrogen (secondary N) is 1. The van der Waals surface area contributed by atoms with Crippen molar-refractivity contribution in [2.45, 2.75) is 12.4 Å². The Morgan fingerprint density at radius 2 is 1.73 bits per heavy atom. The fourth-order valence-electron chi connectivity index (χ4n) is 2.77. The van der Waals surface area contributed by atoms with Gasteiger partial charge < -0.3 is 30.2 Å². The highest BCUT2D eigenvalue weighted by atomic mass is 19.4. The summed E-state index contributed by atoms with van der Waals surface area (Å²) in [5.74, 6) is 0.743. The molecule has 10 heteroatoms. The zero-order chi connectivity index (χ0) is 22.3. The molecule has 0 amide bonds. The summed E-state index contributed by atoms with van der Waals surface area (Å²) in [4.78, 5) is 6.23. The van der Waals surface area contributed by atoms with Gasteiger partial charge in [0, 0.05) is 0 Å². The molecule has 0 aromatic heterocycles. The van der Waals surface area contributed by atoms with Crippen LogP contribution in [-0.2, 0) is 0 Å². The second-order valence-electron chi connectivity index (χ2n) is 6.49. The number of nitrogens with zero attached hydrogens (tertiary/aromatic N) is 2. The molecule has 0 spiro atoms. The lowest BCUT2D eigenvalue weighted by atomic mass is 10.1. The first-order chi connectivity index (χ1) is 14.1. The van der Waals surface area contributed by atoms with Crippen molar-refractivity contribution >= 4 is 11.6 Å². The van der Waals surface area contributed by atoms with E-state index in [1.807, 2.05) is 31.1 Å². The van der Waals surface area contributed by atoms with Crippen LogP contribution in [0.5, 0.6) is 17.2 Å². The molecule has 7 nitrogen and oxygen atoms in total. The number of guanidine groups is 1. The Morgan fingerprint density at radius 3 is 2.33 bits per heavy atom. The number of aliphatic imine (C=N–C) groups is 1. The summed E-state index contributed by atoms with van der Waals surface area (Å²) in [5, 5.41) is 2.66. The minimum Gasteiger partial charge on any atom is -0.493 e. The van der Waals surface area contributed by atoms with Crippen LogP contribution in [-0.4, -0.2) is 52.1 Å². The summed E-state index contributed by atoms with van der Waals surface area (Å²) in [6.07, 6.45) is -4.81. The minimum absolute atomic E-state index is 0.0412. The molecule has 30 heavy (non-hydrogen) atoms. The van der Waals surface area contributed by atoms with Crippen LogP contribution in [0.15, 0.2) is 47.5 Å². The van der Waals surface area contributed by atoms with Crippen molar-refractivity contribution in [2.24, 2.45) is 10.7 Å². The number of para-hydroxylation sites is 2. The van der Waals surface area contributed by atoms with Crippen molar-refractivity contribution in [1.82, 2.24) is 4.90 Å². The van der Waals surface area contributed by atoms with Crippen LogP contribution in [0.3, 0.4) is 0 Å². The summed E-state index contributed by atoms with van der Waals surface area (Å²) in [5.41, 5.74) is 6.88. The van der Waals surface area contributed by atoms with Crippen molar-refractivity contribution in [1.29, 1.82) is 0 Å². The Hall–Kier alpha value is -3.14. The lowest BCUT2D eigenvalue weighted by Gasteiger charge is -2.24. The second-order valence-corrected chi connectivity index (χ2v) is 6.49. The number of anilines is 1. The summed E-state index contributed by atoms with van der Waals surface area (Å²) < 4.78 is 52.3. The maximum Gasteiger partial charge on any atom is 0.573 e. The SMILES string of the molecule is COc1ccc(C(CN=C(N)Nc2ccccc2OC(F)(F)F)N(C)C)cc1OC. The molecule has 0 aliphatic carbocycles. The van der Waals surface area contributed by atoms with E-state index in [1.54, 1.807) is 26.4 Å². The number of nitrogens with two attached hydrogens (primary N) is 1. The Kier molecular flexibility index (Phi) is 7.76. The molecule has 2 aromatic rings. The predicted octanol–water partition coefficient (Wildman–Crippen LogP) is 3.63. The highest BCUT2D eigenvalue weighted by Gasteiger charge is 2.32. The van der Waals surface area contributed by atoms with Crippen LogP contribution < -0.4 is 25.3 Å². The third-order valence-electron chi connectivity index (χ3n) is 4.23. The Labute approximate surface area is 173 Å². The zero-order valence-electron chi connectivity index (χ0n) is 17.2. The molecule has 0 aliphatic heterocycles. The number of hydrogen-bond donors (Lipinski definition) is 2. The Morgan fingerprint density at radius 1 is 1.07 bits per heavy atom. The second kappa shape index (κ2) is 10.1. The number of benzene rings is 2. The van der Waals surface area contributed by atoms with Gasteiger partial charge in [0.25, 0.3) is 0 Å². The number of rotatable bonds is 8. The quantitative estimate of drug-likeness (QED) is 0.496. The van der Waals surface area contributed by atoms with Crippen molar-refractivity contribution in [3.05, 3.63) is 48.0 Å². The van der Waals surface area contributed by atoms with Gasteiger partial charge in [-0.15, -0.1) is 13.2 Å². The predicted molar refractivity (Wildman–Crippen MR) is 109 cm³/mol. The van der Waals surface area contributed by atoms with E-state index in [1.165, 1.54) is 18.2 Å². The van der Waals surface area contributed by atoms with Gasteiger partial charge >= 0.3 is 6.36 Å². The summed E-state index contributed by atoms with van der Waals surface area (Å²) in [6.45, 7) is 0.254. The van der Waals surface area contributed by atoms with E-state index in [9.17, 15) is 13.2 Å². The first kappa shape index (κ1) is 23.1. The van der Waals surface area contributed by atoms with Gasteiger partial charge in [0.2, 0.25) is 0 Å². The van der Waals surface area contributed by atoms with Gasteiger partial charge in [-0.25, -0.2) is 0 Å². The Balaban J connectivity index is 2.18. The molecule has 3 N–H and O–H groups in total. The van der Waals surface area contributed by atoms with Crippen LogP contribution in [0.4, 0.5) is 18.9 Å². The van der Waals surface area contributed by atoms with Gasteiger partial charge in [0.1, 0.15) is 0 Å². The number of hydrogen-bond acceptors (Lipinski definition) is 5. The third-order valence-corrected chi connectivity index (χ3v) is 4.23. The number of ether oxygens (including phenoxy) is 3. The molecule has 2 rings (SSSR count).